The molecule has 0 aromatic heterocycles. The number of rotatable bonds is 7. The first kappa shape index (κ1) is 16.3. The van der Waals surface area contributed by atoms with Gasteiger partial charge in [0, 0.05) is 24.1 Å². The fourth-order valence-corrected chi connectivity index (χ4v) is 3.44. The second kappa shape index (κ2) is 6.61. The largest absolute Gasteiger partial charge is 0.373 e. The lowest BCUT2D eigenvalue weighted by atomic mass is 10.1. The number of aliphatic hydroxyl groups excluding tert-OH is 1. The van der Waals surface area contributed by atoms with Crippen LogP contribution in [0.2, 0.25) is 0 Å². The number of likely N-dealkylation sites (tertiary alicyclic amines) is 1. The van der Waals surface area contributed by atoms with E-state index < -0.39 is 6.23 Å². The molecule has 1 heterocycles. The number of primary amides is 1. The highest BCUT2D eigenvalue weighted by atomic mass is 32.2. The lowest BCUT2D eigenvalue weighted by molar-refractivity contribution is -0.133. The van der Waals surface area contributed by atoms with Gasteiger partial charge in [0.15, 0.2) is 0 Å². The number of carbonyl (C=O) groups is 2. The zero-order chi connectivity index (χ0) is 14.6. The Bertz CT molecular complexity index is 347. The minimum Gasteiger partial charge on any atom is -0.373 e. The van der Waals surface area contributed by atoms with E-state index in [2.05, 4.69) is 20.8 Å². The highest BCUT2D eigenvalue weighted by Gasteiger charge is 2.40. The molecule has 2 atom stereocenters. The molecule has 0 aromatic carbocycles. The number of hydrogen-bond donors (Lipinski definition) is 2. The van der Waals surface area contributed by atoms with Gasteiger partial charge in [-0.2, -0.15) is 0 Å². The van der Waals surface area contributed by atoms with Crippen molar-refractivity contribution in [1.82, 2.24) is 4.90 Å². The molecule has 3 N–H and O–H groups in total. The number of nitrogens with two attached hydrogens (primary N) is 1. The van der Waals surface area contributed by atoms with Gasteiger partial charge in [0.2, 0.25) is 11.8 Å². The summed E-state index contributed by atoms with van der Waals surface area (Å²) in [6.45, 7) is 6.69. The summed E-state index contributed by atoms with van der Waals surface area (Å²) in [7, 11) is 0. The van der Waals surface area contributed by atoms with E-state index in [0.29, 0.717) is 19.4 Å². The number of aliphatic hydroxyl groups is 1. The van der Waals surface area contributed by atoms with Crippen LogP contribution in [0.1, 0.15) is 46.5 Å². The van der Waals surface area contributed by atoms with Crippen LogP contribution in [0.3, 0.4) is 0 Å². The summed E-state index contributed by atoms with van der Waals surface area (Å²) in [5.41, 5.74) is 5.07. The van der Waals surface area contributed by atoms with E-state index in [1.165, 1.54) is 4.90 Å². The standard InChI is InChI=1S/C13H24N2O3S/c1-4-13(2,3)19-9-8-11(17)15(12(9)18)7-5-6-10(14)16/h9,11,17H,4-8H2,1-3H3,(H2,14,16). The molecule has 1 fully saturated rings. The Balaban J connectivity index is 2.53. The first-order chi connectivity index (χ1) is 8.76. The van der Waals surface area contributed by atoms with Gasteiger partial charge in [0.1, 0.15) is 6.23 Å². The normalized spacial score (nSPS) is 24.0. The van der Waals surface area contributed by atoms with Crippen LogP contribution in [0.4, 0.5) is 0 Å². The first-order valence-electron chi connectivity index (χ1n) is 6.71. The quantitative estimate of drug-likeness (QED) is 0.734. The Morgan fingerprint density at radius 2 is 2.21 bits per heavy atom. The summed E-state index contributed by atoms with van der Waals surface area (Å²) < 4.78 is 0.0310. The zero-order valence-electron chi connectivity index (χ0n) is 11.9. The summed E-state index contributed by atoms with van der Waals surface area (Å²) in [4.78, 5) is 24.4. The Hall–Kier alpha value is -0.750. The minimum atomic E-state index is -0.731. The second-order valence-corrected chi connectivity index (χ2v) is 7.45. The van der Waals surface area contributed by atoms with E-state index in [0.717, 1.165) is 6.42 Å². The summed E-state index contributed by atoms with van der Waals surface area (Å²) in [6.07, 6.45) is 1.45. The third-order valence-corrected chi connectivity index (χ3v) is 5.08. The van der Waals surface area contributed by atoms with Crippen molar-refractivity contribution in [2.24, 2.45) is 5.73 Å². The fourth-order valence-electron chi connectivity index (χ4n) is 2.00. The molecule has 19 heavy (non-hydrogen) atoms. The highest BCUT2D eigenvalue weighted by molar-refractivity contribution is 8.01. The molecule has 1 rings (SSSR count). The van der Waals surface area contributed by atoms with Gasteiger partial charge in [-0.1, -0.05) is 20.8 Å². The van der Waals surface area contributed by atoms with Crippen LogP contribution in [0.15, 0.2) is 0 Å². The van der Waals surface area contributed by atoms with E-state index in [4.69, 9.17) is 5.73 Å². The molecule has 2 amide bonds. The average molecular weight is 288 g/mol. The molecule has 0 bridgehead atoms. The maximum absolute atomic E-state index is 12.2. The van der Waals surface area contributed by atoms with Gasteiger partial charge in [0.25, 0.3) is 0 Å². The van der Waals surface area contributed by atoms with Crippen LogP contribution < -0.4 is 5.73 Å². The van der Waals surface area contributed by atoms with Crippen molar-refractivity contribution in [2.75, 3.05) is 6.54 Å². The van der Waals surface area contributed by atoms with E-state index in [-0.39, 0.29) is 28.2 Å². The first-order valence-corrected chi connectivity index (χ1v) is 7.59. The van der Waals surface area contributed by atoms with Crippen LogP contribution in [-0.4, -0.2) is 44.6 Å². The fraction of sp³-hybridized carbons (Fsp3) is 0.846. The minimum absolute atomic E-state index is 0.0245. The number of amides is 2. The second-order valence-electron chi connectivity index (χ2n) is 5.54. The summed E-state index contributed by atoms with van der Waals surface area (Å²) >= 11 is 1.62. The predicted molar refractivity (Wildman–Crippen MR) is 76.5 cm³/mol. The lowest BCUT2D eigenvalue weighted by Crippen LogP contribution is -2.36. The summed E-state index contributed by atoms with van der Waals surface area (Å²) in [5.74, 6) is -0.400. The molecule has 2 unspecified atom stereocenters. The SMILES string of the molecule is CCC(C)(C)SC1CC(O)N(CCCC(N)=O)C1=O. The van der Waals surface area contributed by atoms with Crippen LogP contribution in [0, 0.1) is 0 Å². The Morgan fingerprint density at radius 3 is 2.74 bits per heavy atom. The molecule has 0 spiro atoms. The monoisotopic (exact) mass is 288 g/mol. The molecule has 5 nitrogen and oxygen atoms in total. The predicted octanol–water partition coefficient (Wildman–Crippen LogP) is 1.09. The van der Waals surface area contributed by atoms with E-state index >= 15 is 0 Å². The average Bonchev–Trinajstić information content (AvgIpc) is 2.55. The number of carbonyl (C=O) groups excluding carboxylic acids is 2. The van der Waals surface area contributed by atoms with Crippen molar-refractivity contribution in [3.05, 3.63) is 0 Å². The zero-order valence-corrected chi connectivity index (χ0v) is 12.7. The maximum atomic E-state index is 12.2. The van der Waals surface area contributed by atoms with Gasteiger partial charge in [-0.3, -0.25) is 9.59 Å². The van der Waals surface area contributed by atoms with Gasteiger partial charge in [0.05, 0.1) is 5.25 Å². The maximum Gasteiger partial charge on any atom is 0.237 e. The Labute approximate surface area is 118 Å². The molecule has 0 aromatic rings. The van der Waals surface area contributed by atoms with Crippen molar-refractivity contribution in [3.63, 3.8) is 0 Å². The smallest absolute Gasteiger partial charge is 0.237 e. The van der Waals surface area contributed by atoms with E-state index in [1.54, 1.807) is 11.8 Å². The van der Waals surface area contributed by atoms with Crippen molar-refractivity contribution in [2.45, 2.75) is 62.7 Å². The summed E-state index contributed by atoms with van der Waals surface area (Å²) in [5, 5.41) is 9.76. The van der Waals surface area contributed by atoms with Gasteiger partial charge in [-0.15, -0.1) is 11.8 Å². The molecule has 0 saturated carbocycles. The van der Waals surface area contributed by atoms with Crippen LogP contribution in [0.5, 0.6) is 0 Å². The van der Waals surface area contributed by atoms with E-state index in [9.17, 15) is 14.7 Å². The van der Waals surface area contributed by atoms with Crippen LogP contribution in [0.25, 0.3) is 0 Å². The van der Waals surface area contributed by atoms with Gasteiger partial charge >= 0.3 is 0 Å². The number of hydrogen-bond acceptors (Lipinski definition) is 4. The molecule has 1 saturated heterocycles. The van der Waals surface area contributed by atoms with Gasteiger partial charge < -0.3 is 15.7 Å². The Morgan fingerprint density at radius 1 is 1.58 bits per heavy atom. The topological polar surface area (TPSA) is 83.6 Å². The van der Waals surface area contributed by atoms with Crippen molar-refractivity contribution < 1.29 is 14.7 Å². The Kier molecular flexibility index (Phi) is 5.67. The van der Waals surface area contributed by atoms with Gasteiger partial charge in [-0.25, -0.2) is 0 Å². The molecule has 0 aliphatic carbocycles. The van der Waals surface area contributed by atoms with Crippen molar-refractivity contribution in [1.29, 1.82) is 0 Å². The molecule has 6 heteroatoms. The third kappa shape index (κ3) is 4.69. The molecular formula is C13H24N2O3S. The van der Waals surface area contributed by atoms with Crippen LogP contribution >= 0.6 is 11.8 Å². The molecule has 110 valence electrons. The van der Waals surface area contributed by atoms with Crippen molar-refractivity contribution in [3.8, 4) is 0 Å². The molecule has 1 aliphatic rings. The molecular weight excluding hydrogens is 264 g/mol. The van der Waals surface area contributed by atoms with Gasteiger partial charge in [-0.05, 0) is 12.8 Å². The number of thioether (sulfide) groups is 1. The number of nitrogens with zero attached hydrogens (tertiary/aromatic N) is 1. The lowest BCUT2D eigenvalue weighted by Gasteiger charge is -2.25. The highest BCUT2D eigenvalue weighted by Crippen LogP contribution is 2.38. The third-order valence-electron chi connectivity index (χ3n) is 3.48. The summed E-state index contributed by atoms with van der Waals surface area (Å²) in [6, 6.07) is 0. The molecule has 0 radical (unpaired) electrons. The van der Waals surface area contributed by atoms with E-state index in [1.807, 2.05) is 0 Å². The molecule has 1 aliphatic heterocycles. The van der Waals surface area contributed by atoms with Crippen LogP contribution in [-0.2, 0) is 9.59 Å². The van der Waals surface area contributed by atoms with Crippen molar-refractivity contribution >= 4 is 23.6 Å².